The number of rotatable bonds is 3. The lowest BCUT2D eigenvalue weighted by atomic mass is 10.1. The van der Waals surface area contributed by atoms with Crippen LogP contribution in [0.25, 0.3) is 0 Å². The lowest BCUT2D eigenvalue weighted by molar-refractivity contribution is 0.0994. The van der Waals surface area contributed by atoms with Crippen LogP contribution in [-0.4, -0.2) is 5.78 Å². The second-order valence-corrected chi connectivity index (χ2v) is 4.88. The highest BCUT2D eigenvalue weighted by atomic mass is 35.5. The number of hydrogen-bond donors (Lipinski definition) is 1. The lowest BCUT2D eigenvalue weighted by Gasteiger charge is -2.04. The van der Waals surface area contributed by atoms with E-state index in [1.165, 1.54) is 0 Å². The van der Waals surface area contributed by atoms with Crippen molar-refractivity contribution in [2.75, 3.05) is 5.73 Å². The maximum atomic E-state index is 11.9. The normalized spacial score (nSPS) is 10.3. The van der Waals surface area contributed by atoms with Crippen LogP contribution in [0.15, 0.2) is 35.7 Å². The number of nitrogen functional groups attached to an aromatic ring is 1. The number of ketones is 1. The van der Waals surface area contributed by atoms with Crippen LogP contribution in [-0.2, 0) is 6.42 Å². The van der Waals surface area contributed by atoms with Gasteiger partial charge in [-0.2, -0.15) is 0 Å². The van der Waals surface area contributed by atoms with Crippen LogP contribution in [0.3, 0.4) is 0 Å². The van der Waals surface area contributed by atoms with Gasteiger partial charge in [-0.05, 0) is 29.6 Å². The molecule has 0 atom stereocenters. The van der Waals surface area contributed by atoms with Crippen molar-refractivity contribution in [3.05, 3.63) is 51.2 Å². The van der Waals surface area contributed by atoms with E-state index in [4.69, 9.17) is 17.3 Å². The van der Waals surface area contributed by atoms with Crippen LogP contribution in [0.2, 0.25) is 5.02 Å². The number of carbonyl (C=O) groups excluding carboxylic acids is 1. The number of hydrogen-bond acceptors (Lipinski definition) is 3. The Morgan fingerprint density at radius 1 is 1.38 bits per heavy atom. The Hall–Kier alpha value is -1.32. The third-order valence-corrected chi connectivity index (χ3v) is 3.34. The summed E-state index contributed by atoms with van der Waals surface area (Å²) in [5.74, 6) is 0.0246. The van der Waals surface area contributed by atoms with Crippen molar-refractivity contribution >= 4 is 34.4 Å². The van der Waals surface area contributed by atoms with Crippen LogP contribution in [0.4, 0.5) is 5.69 Å². The SMILES string of the molecule is Nc1cc(Cl)ccc1C(=O)Cc1cccs1. The highest BCUT2D eigenvalue weighted by molar-refractivity contribution is 7.10. The highest BCUT2D eigenvalue weighted by Gasteiger charge is 2.11. The number of carbonyl (C=O) groups is 1. The molecule has 2 rings (SSSR count). The minimum atomic E-state index is 0.0246. The Morgan fingerprint density at radius 3 is 2.81 bits per heavy atom. The summed E-state index contributed by atoms with van der Waals surface area (Å²) in [6.07, 6.45) is 0.392. The Kier molecular flexibility index (Phi) is 3.27. The van der Waals surface area contributed by atoms with Crippen molar-refractivity contribution < 1.29 is 4.79 Å². The average Bonchev–Trinajstić information content (AvgIpc) is 2.70. The molecule has 1 aromatic heterocycles. The second kappa shape index (κ2) is 4.68. The van der Waals surface area contributed by atoms with E-state index >= 15 is 0 Å². The quantitative estimate of drug-likeness (QED) is 0.671. The van der Waals surface area contributed by atoms with Crippen molar-refractivity contribution in [3.8, 4) is 0 Å². The zero-order valence-corrected chi connectivity index (χ0v) is 10.0. The first-order valence-electron chi connectivity index (χ1n) is 4.77. The summed E-state index contributed by atoms with van der Waals surface area (Å²) >= 11 is 7.34. The van der Waals surface area contributed by atoms with Gasteiger partial charge in [-0.15, -0.1) is 11.3 Å². The Morgan fingerprint density at radius 2 is 2.19 bits per heavy atom. The van der Waals surface area contributed by atoms with Crippen LogP contribution in [0, 0.1) is 0 Å². The molecule has 0 aliphatic heterocycles. The fourth-order valence-corrected chi connectivity index (χ4v) is 2.34. The molecule has 1 heterocycles. The number of nitrogens with two attached hydrogens (primary N) is 1. The van der Waals surface area contributed by atoms with Crippen molar-refractivity contribution in [2.45, 2.75) is 6.42 Å². The minimum absolute atomic E-state index is 0.0246. The number of anilines is 1. The van der Waals surface area contributed by atoms with Gasteiger partial charge < -0.3 is 5.73 Å². The topological polar surface area (TPSA) is 43.1 Å². The molecule has 0 saturated carbocycles. The van der Waals surface area contributed by atoms with Gasteiger partial charge in [0.1, 0.15) is 0 Å². The molecule has 0 saturated heterocycles. The Labute approximate surface area is 103 Å². The lowest BCUT2D eigenvalue weighted by Crippen LogP contribution is -2.05. The zero-order chi connectivity index (χ0) is 11.5. The molecule has 0 fully saturated rings. The van der Waals surface area contributed by atoms with Crippen LogP contribution in [0.1, 0.15) is 15.2 Å². The number of benzene rings is 1. The van der Waals surface area contributed by atoms with E-state index in [-0.39, 0.29) is 5.78 Å². The smallest absolute Gasteiger partial charge is 0.170 e. The molecular formula is C12H10ClNOS. The highest BCUT2D eigenvalue weighted by Crippen LogP contribution is 2.20. The van der Waals surface area contributed by atoms with E-state index in [1.807, 2.05) is 17.5 Å². The summed E-state index contributed by atoms with van der Waals surface area (Å²) in [6.45, 7) is 0. The molecule has 0 aliphatic rings. The number of halogens is 1. The molecular weight excluding hydrogens is 242 g/mol. The predicted octanol–water partition coefficient (Wildman–Crippen LogP) is 3.41. The monoisotopic (exact) mass is 251 g/mol. The van der Waals surface area contributed by atoms with Gasteiger partial charge in [0, 0.05) is 27.6 Å². The maximum absolute atomic E-state index is 11.9. The summed E-state index contributed by atoms with van der Waals surface area (Å²) in [7, 11) is 0. The first-order chi connectivity index (χ1) is 7.66. The molecule has 1 aromatic carbocycles. The molecule has 4 heteroatoms. The van der Waals surface area contributed by atoms with Crippen LogP contribution in [0.5, 0.6) is 0 Å². The molecule has 2 nitrogen and oxygen atoms in total. The largest absolute Gasteiger partial charge is 0.398 e. The summed E-state index contributed by atoms with van der Waals surface area (Å²) in [6, 6.07) is 8.82. The first kappa shape index (κ1) is 11.2. The zero-order valence-electron chi connectivity index (χ0n) is 8.44. The van der Waals surface area contributed by atoms with E-state index in [0.29, 0.717) is 22.7 Å². The molecule has 0 amide bonds. The van der Waals surface area contributed by atoms with Gasteiger partial charge in [0.15, 0.2) is 5.78 Å². The first-order valence-corrected chi connectivity index (χ1v) is 6.03. The fourth-order valence-electron chi connectivity index (χ4n) is 1.45. The summed E-state index contributed by atoms with van der Waals surface area (Å²) in [4.78, 5) is 13.0. The molecule has 82 valence electrons. The van der Waals surface area contributed by atoms with Gasteiger partial charge in [-0.25, -0.2) is 0 Å². The predicted molar refractivity (Wildman–Crippen MR) is 68.2 cm³/mol. The van der Waals surface area contributed by atoms with Gasteiger partial charge in [-0.1, -0.05) is 17.7 Å². The standard InChI is InChI=1S/C12H10ClNOS/c13-8-3-4-10(11(14)6-8)12(15)7-9-2-1-5-16-9/h1-6H,7,14H2. The third kappa shape index (κ3) is 2.43. The van der Waals surface area contributed by atoms with E-state index in [0.717, 1.165) is 4.88 Å². The fraction of sp³-hybridized carbons (Fsp3) is 0.0833. The van der Waals surface area contributed by atoms with Crippen molar-refractivity contribution in [3.63, 3.8) is 0 Å². The molecule has 2 N–H and O–H groups in total. The van der Waals surface area contributed by atoms with Gasteiger partial charge in [0.25, 0.3) is 0 Å². The molecule has 0 radical (unpaired) electrons. The van der Waals surface area contributed by atoms with Crippen LogP contribution < -0.4 is 5.73 Å². The summed E-state index contributed by atoms with van der Waals surface area (Å²) < 4.78 is 0. The van der Waals surface area contributed by atoms with E-state index in [2.05, 4.69) is 0 Å². The molecule has 2 aromatic rings. The maximum Gasteiger partial charge on any atom is 0.170 e. The van der Waals surface area contributed by atoms with E-state index in [1.54, 1.807) is 29.5 Å². The van der Waals surface area contributed by atoms with Gasteiger partial charge in [-0.3, -0.25) is 4.79 Å². The molecule has 0 bridgehead atoms. The minimum Gasteiger partial charge on any atom is -0.398 e. The molecule has 0 aliphatic carbocycles. The van der Waals surface area contributed by atoms with E-state index < -0.39 is 0 Å². The number of thiophene rings is 1. The average molecular weight is 252 g/mol. The summed E-state index contributed by atoms with van der Waals surface area (Å²) in [5, 5.41) is 2.50. The van der Waals surface area contributed by atoms with Crippen molar-refractivity contribution in [1.82, 2.24) is 0 Å². The van der Waals surface area contributed by atoms with Crippen LogP contribution >= 0.6 is 22.9 Å². The van der Waals surface area contributed by atoms with Gasteiger partial charge in [0.05, 0.1) is 0 Å². The second-order valence-electron chi connectivity index (χ2n) is 3.41. The Bertz CT molecular complexity index is 508. The Balaban J connectivity index is 2.21. The van der Waals surface area contributed by atoms with Gasteiger partial charge >= 0.3 is 0 Å². The summed E-state index contributed by atoms with van der Waals surface area (Å²) in [5.41, 5.74) is 6.73. The van der Waals surface area contributed by atoms with Crippen molar-refractivity contribution in [2.24, 2.45) is 0 Å². The molecule has 0 unspecified atom stereocenters. The van der Waals surface area contributed by atoms with Crippen molar-refractivity contribution in [1.29, 1.82) is 0 Å². The molecule has 0 spiro atoms. The van der Waals surface area contributed by atoms with E-state index in [9.17, 15) is 4.79 Å². The third-order valence-electron chi connectivity index (χ3n) is 2.23. The number of Topliss-reactive ketones (excluding diaryl/α,β-unsaturated/α-hetero) is 1. The molecule has 16 heavy (non-hydrogen) atoms. The van der Waals surface area contributed by atoms with Gasteiger partial charge in [0.2, 0.25) is 0 Å².